The number of amides is 1. The molecule has 1 fully saturated rings. The third kappa shape index (κ3) is 2.16. The molecule has 3 heterocycles. The van der Waals surface area contributed by atoms with Crippen molar-refractivity contribution in [1.29, 1.82) is 0 Å². The van der Waals surface area contributed by atoms with Gasteiger partial charge < -0.3 is 10.3 Å². The highest BCUT2D eigenvalue weighted by atomic mass is 19.1. The van der Waals surface area contributed by atoms with Crippen LogP contribution in [0.4, 0.5) is 4.39 Å². The number of H-pyrrole nitrogens is 1. The minimum absolute atomic E-state index is 0.0656. The Morgan fingerprint density at radius 2 is 2.27 bits per heavy atom. The fourth-order valence-corrected chi connectivity index (χ4v) is 3.01. The molecule has 1 aliphatic heterocycles. The molecule has 3 aromatic rings. The van der Waals surface area contributed by atoms with Crippen molar-refractivity contribution in [2.24, 2.45) is 0 Å². The minimum Gasteiger partial charge on any atom is -0.360 e. The number of nitrogens with zero attached hydrogens (tertiary/aromatic N) is 2. The Morgan fingerprint density at radius 3 is 3.14 bits per heavy atom. The number of carbonyl (C=O) groups is 1. The molecule has 112 valence electrons. The number of aromatic nitrogens is 3. The lowest BCUT2D eigenvalue weighted by Crippen LogP contribution is -2.34. The van der Waals surface area contributed by atoms with Crippen LogP contribution in [-0.4, -0.2) is 27.2 Å². The fraction of sp³-hybridized carbons (Fsp3) is 0.250. The average molecular weight is 298 g/mol. The molecule has 1 aliphatic rings. The highest BCUT2D eigenvalue weighted by Crippen LogP contribution is 2.30. The van der Waals surface area contributed by atoms with Crippen molar-refractivity contribution in [3.8, 4) is 11.1 Å². The van der Waals surface area contributed by atoms with Crippen LogP contribution < -0.4 is 5.32 Å². The van der Waals surface area contributed by atoms with E-state index in [0.29, 0.717) is 13.0 Å². The van der Waals surface area contributed by atoms with Gasteiger partial charge in [0, 0.05) is 47.4 Å². The number of hydrogen-bond donors (Lipinski definition) is 2. The van der Waals surface area contributed by atoms with Gasteiger partial charge in [-0.15, -0.1) is 0 Å². The Balaban J connectivity index is 1.69. The lowest BCUT2D eigenvalue weighted by molar-refractivity contribution is -0.123. The quantitative estimate of drug-likeness (QED) is 0.764. The van der Waals surface area contributed by atoms with Crippen molar-refractivity contribution >= 4 is 16.8 Å². The predicted octanol–water partition coefficient (Wildman–Crippen LogP) is 2.62. The Kier molecular flexibility index (Phi) is 2.96. The number of hydrogen-bond acceptors (Lipinski definition) is 2. The van der Waals surface area contributed by atoms with E-state index in [0.717, 1.165) is 28.5 Å². The maximum atomic E-state index is 13.3. The number of benzene rings is 1. The van der Waals surface area contributed by atoms with Crippen molar-refractivity contribution < 1.29 is 9.18 Å². The maximum absolute atomic E-state index is 13.3. The Morgan fingerprint density at radius 1 is 1.36 bits per heavy atom. The van der Waals surface area contributed by atoms with Gasteiger partial charge in [0.15, 0.2) is 0 Å². The summed E-state index contributed by atoms with van der Waals surface area (Å²) in [7, 11) is 0. The summed E-state index contributed by atoms with van der Waals surface area (Å²) in [5.74, 6) is -0.194. The van der Waals surface area contributed by atoms with Crippen molar-refractivity contribution in [2.45, 2.75) is 18.9 Å². The van der Waals surface area contributed by atoms with Crippen LogP contribution in [0.15, 0.2) is 36.8 Å². The van der Waals surface area contributed by atoms with E-state index < -0.39 is 0 Å². The highest BCUT2D eigenvalue weighted by Gasteiger charge is 2.21. The molecular formula is C16H15FN4O. The molecule has 0 aliphatic carbocycles. The van der Waals surface area contributed by atoms with Gasteiger partial charge in [0.2, 0.25) is 5.91 Å². The summed E-state index contributed by atoms with van der Waals surface area (Å²) in [4.78, 5) is 14.6. The van der Waals surface area contributed by atoms with Crippen LogP contribution in [-0.2, 0) is 4.79 Å². The molecule has 1 amide bonds. The van der Waals surface area contributed by atoms with Crippen molar-refractivity contribution in [3.05, 3.63) is 42.6 Å². The summed E-state index contributed by atoms with van der Waals surface area (Å²) in [5, 5.41) is 8.19. The SMILES string of the molecule is O=C1CC(n2cc(-c3c[nH]c4cc(F)ccc34)cn2)CCN1. The number of rotatable bonds is 2. The van der Waals surface area contributed by atoms with E-state index in [2.05, 4.69) is 15.4 Å². The minimum atomic E-state index is -0.259. The second-order valence-electron chi connectivity index (χ2n) is 5.60. The Hall–Kier alpha value is -2.63. The number of fused-ring (bicyclic) bond motifs is 1. The van der Waals surface area contributed by atoms with Gasteiger partial charge >= 0.3 is 0 Å². The highest BCUT2D eigenvalue weighted by molar-refractivity contribution is 5.95. The van der Waals surface area contributed by atoms with Gasteiger partial charge in [-0.2, -0.15) is 5.10 Å². The summed E-state index contributed by atoms with van der Waals surface area (Å²) in [5.41, 5.74) is 2.71. The second-order valence-corrected chi connectivity index (χ2v) is 5.60. The number of carbonyl (C=O) groups excluding carboxylic acids is 1. The van der Waals surface area contributed by atoms with Gasteiger partial charge in [0.05, 0.1) is 12.2 Å². The lowest BCUT2D eigenvalue weighted by atomic mass is 10.1. The molecule has 5 nitrogen and oxygen atoms in total. The van der Waals surface area contributed by atoms with Gasteiger partial charge in [-0.25, -0.2) is 4.39 Å². The summed E-state index contributed by atoms with van der Waals surface area (Å²) >= 11 is 0. The fourth-order valence-electron chi connectivity index (χ4n) is 3.01. The number of piperidine rings is 1. The van der Waals surface area contributed by atoms with Gasteiger partial charge in [-0.05, 0) is 24.6 Å². The molecule has 0 spiro atoms. The standard InChI is InChI=1S/C16H15FN4O/c17-11-1-2-13-14(8-19-15(13)5-11)10-7-20-21(9-10)12-3-4-18-16(22)6-12/h1-2,5,7-9,12,19H,3-4,6H2,(H,18,22). The van der Waals surface area contributed by atoms with Crippen LogP contribution in [0.3, 0.4) is 0 Å². The van der Waals surface area contributed by atoms with Crippen LogP contribution in [0, 0.1) is 5.82 Å². The molecule has 2 N–H and O–H groups in total. The zero-order valence-corrected chi connectivity index (χ0v) is 11.8. The number of aromatic amines is 1. The van der Waals surface area contributed by atoms with Crippen LogP contribution in [0.2, 0.25) is 0 Å². The maximum Gasteiger partial charge on any atom is 0.222 e. The van der Waals surface area contributed by atoms with Gasteiger partial charge in [-0.3, -0.25) is 9.48 Å². The Labute approximate surface area is 126 Å². The smallest absolute Gasteiger partial charge is 0.222 e. The van der Waals surface area contributed by atoms with E-state index in [4.69, 9.17) is 0 Å². The van der Waals surface area contributed by atoms with Gasteiger partial charge in [0.25, 0.3) is 0 Å². The van der Waals surface area contributed by atoms with Crippen LogP contribution in [0.1, 0.15) is 18.9 Å². The van der Waals surface area contributed by atoms with Crippen molar-refractivity contribution in [2.75, 3.05) is 6.54 Å². The molecule has 4 rings (SSSR count). The first-order valence-corrected chi connectivity index (χ1v) is 7.28. The zero-order chi connectivity index (χ0) is 15.1. The van der Waals surface area contributed by atoms with E-state index in [1.165, 1.54) is 12.1 Å². The monoisotopic (exact) mass is 298 g/mol. The van der Waals surface area contributed by atoms with Crippen LogP contribution >= 0.6 is 0 Å². The normalized spacial score (nSPS) is 18.6. The Bertz CT molecular complexity index is 851. The number of nitrogens with one attached hydrogen (secondary N) is 2. The van der Waals surface area contributed by atoms with Crippen LogP contribution in [0.5, 0.6) is 0 Å². The molecular weight excluding hydrogens is 283 g/mol. The molecule has 0 saturated carbocycles. The van der Waals surface area contributed by atoms with Crippen molar-refractivity contribution in [1.82, 2.24) is 20.1 Å². The molecule has 22 heavy (non-hydrogen) atoms. The first-order valence-electron chi connectivity index (χ1n) is 7.28. The van der Waals surface area contributed by atoms with E-state index >= 15 is 0 Å². The summed E-state index contributed by atoms with van der Waals surface area (Å²) in [6.45, 7) is 0.686. The topological polar surface area (TPSA) is 62.7 Å². The zero-order valence-electron chi connectivity index (χ0n) is 11.8. The summed E-state index contributed by atoms with van der Waals surface area (Å²) in [6, 6.07) is 4.80. The first-order chi connectivity index (χ1) is 10.7. The molecule has 1 unspecified atom stereocenters. The summed E-state index contributed by atoms with van der Waals surface area (Å²) in [6.07, 6.45) is 6.94. The number of halogens is 1. The van der Waals surface area contributed by atoms with Gasteiger partial charge in [-0.1, -0.05) is 0 Å². The third-order valence-corrected chi connectivity index (χ3v) is 4.15. The first kappa shape index (κ1) is 13.1. The lowest BCUT2D eigenvalue weighted by Gasteiger charge is -2.22. The summed E-state index contributed by atoms with van der Waals surface area (Å²) < 4.78 is 15.1. The van der Waals surface area contributed by atoms with Crippen molar-refractivity contribution in [3.63, 3.8) is 0 Å². The third-order valence-electron chi connectivity index (χ3n) is 4.15. The predicted molar refractivity (Wildman–Crippen MR) is 80.8 cm³/mol. The molecule has 1 saturated heterocycles. The van der Waals surface area contributed by atoms with E-state index in [1.54, 1.807) is 12.3 Å². The molecule has 2 aromatic heterocycles. The van der Waals surface area contributed by atoms with Crippen LogP contribution in [0.25, 0.3) is 22.0 Å². The second kappa shape index (κ2) is 4.98. The van der Waals surface area contributed by atoms with E-state index in [9.17, 15) is 9.18 Å². The van der Waals surface area contributed by atoms with E-state index in [-0.39, 0.29) is 17.8 Å². The average Bonchev–Trinajstić information content (AvgIpc) is 3.12. The molecule has 0 radical (unpaired) electrons. The van der Waals surface area contributed by atoms with Gasteiger partial charge in [0.1, 0.15) is 5.82 Å². The molecule has 1 atom stereocenters. The molecule has 0 bridgehead atoms. The molecule has 1 aromatic carbocycles. The largest absolute Gasteiger partial charge is 0.360 e. The van der Waals surface area contributed by atoms with E-state index in [1.807, 2.05) is 17.1 Å². The molecule has 6 heteroatoms.